The van der Waals surface area contributed by atoms with Crippen molar-refractivity contribution in [2.24, 2.45) is 5.92 Å². The maximum atomic E-state index is 12.3. The second kappa shape index (κ2) is 8.85. The van der Waals surface area contributed by atoms with Crippen LogP contribution >= 0.6 is 11.3 Å². The van der Waals surface area contributed by atoms with Gasteiger partial charge in [-0.15, -0.1) is 0 Å². The number of thiophene rings is 1. The van der Waals surface area contributed by atoms with Crippen LogP contribution in [-0.4, -0.2) is 36.9 Å². The van der Waals surface area contributed by atoms with E-state index in [1.165, 1.54) is 0 Å². The molecule has 6 heteroatoms. The van der Waals surface area contributed by atoms with Crippen molar-refractivity contribution < 1.29 is 14.3 Å². The fourth-order valence-corrected chi connectivity index (χ4v) is 3.88. The van der Waals surface area contributed by atoms with Crippen LogP contribution in [0.5, 0.6) is 5.75 Å². The number of amides is 2. The number of hydrogen-bond donors (Lipinski definition) is 1. The van der Waals surface area contributed by atoms with Crippen molar-refractivity contribution in [1.82, 2.24) is 4.90 Å². The molecule has 0 bridgehead atoms. The Labute approximate surface area is 158 Å². The summed E-state index contributed by atoms with van der Waals surface area (Å²) in [7, 11) is 1.61. The van der Waals surface area contributed by atoms with Crippen LogP contribution in [0.25, 0.3) is 0 Å². The van der Waals surface area contributed by atoms with Gasteiger partial charge in [0.15, 0.2) is 0 Å². The van der Waals surface area contributed by atoms with E-state index in [1.54, 1.807) is 18.4 Å². The molecule has 0 saturated carbocycles. The molecule has 1 fully saturated rings. The van der Waals surface area contributed by atoms with E-state index in [2.05, 4.69) is 5.32 Å². The third-order valence-corrected chi connectivity index (χ3v) is 5.49. The average Bonchev–Trinajstić information content (AvgIpc) is 3.21. The number of ether oxygens (including phenoxy) is 1. The zero-order chi connectivity index (χ0) is 18.4. The van der Waals surface area contributed by atoms with Crippen molar-refractivity contribution in [3.8, 4) is 5.75 Å². The van der Waals surface area contributed by atoms with E-state index in [1.807, 2.05) is 46.0 Å². The first-order valence-corrected chi connectivity index (χ1v) is 9.85. The Morgan fingerprint density at radius 1 is 1.27 bits per heavy atom. The number of rotatable bonds is 6. The van der Waals surface area contributed by atoms with Gasteiger partial charge in [-0.2, -0.15) is 11.3 Å². The molecular weight excluding hydrogens is 348 g/mol. The summed E-state index contributed by atoms with van der Waals surface area (Å²) >= 11 is 1.55. The highest BCUT2D eigenvalue weighted by Gasteiger charge is 2.24. The monoisotopic (exact) mass is 372 g/mol. The summed E-state index contributed by atoms with van der Waals surface area (Å²) < 4.78 is 5.16. The topological polar surface area (TPSA) is 58.6 Å². The smallest absolute Gasteiger partial charge is 0.254 e. The molecule has 0 atom stereocenters. The highest BCUT2D eigenvalue weighted by molar-refractivity contribution is 7.08. The van der Waals surface area contributed by atoms with Crippen molar-refractivity contribution in [3.63, 3.8) is 0 Å². The van der Waals surface area contributed by atoms with Gasteiger partial charge in [0.05, 0.1) is 12.7 Å². The van der Waals surface area contributed by atoms with Crippen molar-refractivity contribution in [2.45, 2.75) is 25.7 Å². The number of benzene rings is 1. The number of nitrogens with zero attached hydrogens (tertiary/aromatic N) is 1. The van der Waals surface area contributed by atoms with Crippen LogP contribution in [0.3, 0.4) is 0 Å². The number of carbonyl (C=O) groups is 2. The fraction of sp³-hybridized carbons (Fsp3) is 0.400. The van der Waals surface area contributed by atoms with Crippen molar-refractivity contribution in [1.29, 1.82) is 0 Å². The van der Waals surface area contributed by atoms with Crippen LogP contribution in [-0.2, 0) is 4.79 Å². The van der Waals surface area contributed by atoms with Gasteiger partial charge in [-0.1, -0.05) is 6.07 Å². The summed E-state index contributed by atoms with van der Waals surface area (Å²) in [6.07, 6.45) is 3.28. The Bertz CT molecular complexity index is 737. The van der Waals surface area contributed by atoms with E-state index in [4.69, 9.17) is 4.74 Å². The summed E-state index contributed by atoms with van der Waals surface area (Å²) in [6, 6.07) is 9.25. The van der Waals surface area contributed by atoms with Crippen LogP contribution in [0.15, 0.2) is 41.1 Å². The number of anilines is 1. The SMILES string of the molecule is COc1cccc(NC(=O)CCC2CCN(C(=O)c3ccsc3)CC2)c1. The third-order valence-electron chi connectivity index (χ3n) is 4.80. The van der Waals surface area contributed by atoms with Gasteiger partial charge in [0.25, 0.3) is 5.91 Å². The lowest BCUT2D eigenvalue weighted by Crippen LogP contribution is -2.38. The predicted molar refractivity (Wildman–Crippen MR) is 104 cm³/mol. The van der Waals surface area contributed by atoms with E-state index < -0.39 is 0 Å². The normalized spacial score (nSPS) is 14.9. The largest absolute Gasteiger partial charge is 0.497 e. The van der Waals surface area contributed by atoms with Gasteiger partial charge >= 0.3 is 0 Å². The number of methoxy groups -OCH3 is 1. The highest BCUT2D eigenvalue weighted by atomic mass is 32.1. The summed E-state index contributed by atoms with van der Waals surface area (Å²) in [4.78, 5) is 26.4. The van der Waals surface area contributed by atoms with E-state index in [9.17, 15) is 9.59 Å². The Balaban J connectivity index is 1.40. The van der Waals surface area contributed by atoms with E-state index in [0.29, 0.717) is 12.3 Å². The highest BCUT2D eigenvalue weighted by Crippen LogP contribution is 2.24. The summed E-state index contributed by atoms with van der Waals surface area (Å²) in [5, 5.41) is 6.75. The first-order chi connectivity index (χ1) is 12.7. The minimum atomic E-state index is 0.0232. The first-order valence-electron chi connectivity index (χ1n) is 8.91. The Hall–Kier alpha value is -2.34. The molecule has 0 aliphatic carbocycles. The van der Waals surface area contributed by atoms with Gasteiger partial charge in [-0.3, -0.25) is 9.59 Å². The lowest BCUT2D eigenvalue weighted by Gasteiger charge is -2.31. The molecule has 3 rings (SSSR count). The predicted octanol–water partition coefficient (Wildman–Crippen LogP) is 4.03. The molecule has 5 nitrogen and oxygen atoms in total. The molecule has 26 heavy (non-hydrogen) atoms. The van der Waals surface area contributed by atoms with Crippen LogP contribution in [0, 0.1) is 5.92 Å². The molecule has 0 radical (unpaired) electrons. The van der Waals surface area contributed by atoms with E-state index in [-0.39, 0.29) is 11.8 Å². The lowest BCUT2D eigenvalue weighted by atomic mass is 9.92. The molecule has 0 spiro atoms. The molecular formula is C20H24N2O3S. The second-order valence-electron chi connectivity index (χ2n) is 6.57. The Morgan fingerprint density at radius 2 is 2.08 bits per heavy atom. The van der Waals surface area contributed by atoms with Gasteiger partial charge < -0.3 is 15.0 Å². The zero-order valence-electron chi connectivity index (χ0n) is 14.9. The molecule has 0 unspecified atom stereocenters. The van der Waals surface area contributed by atoms with Gasteiger partial charge in [0, 0.05) is 36.6 Å². The van der Waals surface area contributed by atoms with E-state index >= 15 is 0 Å². The number of hydrogen-bond acceptors (Lipinski definition) is 4. The number of carbonyl (C=O) groups excluding carboxylic acids is 2. The number of piperidine rings is 1. The molecule has 1 aromatic heterocycles. The second-order valence-corrected chi connectivity index (χ2v) is 7.35. The van der Waals surface area contributed by atoms with Gasteiger partial charge in [-0.05, 0) is 48.8 Å². The third kappa shape index (κ3) is 4.85. The Kier molecular flexibility index (Phi) is 6.28. The molecule has 1 aromatic carbocycles. The lowest BCUT2D eigenvalue weighted by molar-refractivity contribution is -0.116. The van der Waals surface area contributed by atoms with Gasteiger partial charge in [-0.25, -0.2) is 0 Å². The minimum Gasteiger partial charge on any atom is -0.497 e. The van der Waals surface area contributed by atoms with E-state index in [0.717, 1.165) is 49.4 Å². The van der Waals surface area contributed by atoms with Crippen LogP contribution in [0.2, 0.25) is 0 Å². The minimum absolute atomic E-state index is 0.0232. The maximum absolute atomic E-state index is 12.3. The molecule has 1 N–H and O–H groups in total. The van der Waals surface area contributed by atoms with Crippen molar-refractivity contribution in [3.05, 3.63) is 46.7 Å². The van der Waals surface area contributed by atoms with Crippen LogP contribution < -0.4 is 10.1 Å². The zero-order valence-corrected chi connectivity index (χ0v) is 15.8. The molecule has 2 heterocycles. The van der Waals surface area contributed by atoms with Crippen LogP contribution in [0.4, 0.5) is 5.69 Å². The standard InChI is InChI=1S/C20H24N2O3S/c1-25-18-4-2-3-17(13-18)21-19(23)6-5-15-7-10-22(11-8-15)20(24)16-9-12-26-14-16/h2-4,9,12-15H,5-8,10-11H2,1H3,(H,21,23). The average molecular weight is 372 g/mol. The molecule has 2 amide bonds. The summed E-state index contributed by atoms with van der Waals surface area (Å²) in [5.41, 5.74) is 1.54. The number of nitrogens with one attached hydrogen (secondary N) is 1. The Morgan fingerprint density at radius 3 is 2.77 bits per heavy atom. The molecule has 1 saturated heterocycles. The van der Waals surface area contributed by atoms with Crippen molar-refractivity contribution in [2.75, 3.05) is 25.5 Å². The van der Waals surface area contributed by atoms with Gasteiger partial charge in [0.2, 0.25) is 5.91 Å². The molecule has 1 aliphatic rings. The molecule has 1 aliphatic heterocycles. The van der Waals surface area contributed by atoms with Crippen LogP contribution in [0.1, 0.15) is 36.0 Å². The number of likely N-dealkylation sites (tertiary alicyclic amines) is 1. The first kappa shape index (κ1) is 18.5. The quantitative estimate of drug-likeness (QED) is 0.833. The summed E-state index contributed by atoms with van der Waals surface area (Å²) in [5.74, 6) is 1.37. The molecule has 138 valence electrons. The maximum Gasteiger partial charge on any atom is 0.254 e. The molecule has 2 aromatic rings. The summed E-state index contributed by atoms with van der Waals surface area (Å²) in [6.45, 7) is 1.55. The van der Waals surface area contributed by atoms with Crippen molar-refractivity contribution >= 4 is 28.8 Å². The fourth-order valence-electron chi connectivity index (χ4n) is 3.25. The van der Waals surface area contributed by atoms with Gasteiger partial charge in [0.1, 0.15) is 5.75 Å².